The van der Waals surface area contributed by atoms with Crippen molar-refractivity contribution in [3.8, 4) is 0 Å². The van der Waals surface area contributed by atoms with E-state index in [1.807, 2.05) is 0 Å². The van der Waals surface area contributed by atoms with Crippen LogP contribution in [0, 0.1) is 11.8 Å². The van der Waals surface area contributed by atoms with Gasteiger partial charge in [-0.3, -0.25) is 4.79 Å². The zero-order chi connectivity index (χ0) is 21.3. The Kier molecular flexibility index (Phi) is 14.6. The van der Waals surface area contributed by atoms with Gasteiger partial charge in [0.25, 0.3) is 0 Å². The minimum Gasteiger partial charge on any atom is -0.463 e. The third-order valence-corrected chi connectivity index (χ3v) is 7.47. The van der Waals surface area contributed by atoms with Gasteiger partial charge in [-0.25, -0.2) is 0 Å². The molecule has 0 aromatic heterocycles. The maximum Gasteiger partial charge on any atom is 0.305 e. The molecule has 2 fully saturated rings. The van der Waals surface area contributed by atoms with Crippen LogP contribution in [0.4, 0.5) is 0 Å². The molecule has 2 rings (SSSR count). The summed E-state index contributed by atoms with van der Waals surface area (Å²) in [5.41, 5.74) is 0. The molecule has 30 heavy (non-hydrogen) atoms. The molecule has 0 atom stereocenters. The van der Waals surface area contributed by atoms with E-state index in [4.69, 9.17) is 9.47 Å². The molecule has 3 nitrogen and oxygen atoms in total. The molecule has 0 saturated heterocycles. The average molecular weight is 423 g/mol. The first-order chi connectivity index (χ1) is 14.8. The monoisotopic (exact) mass is 422 g/mol. The van der Waals surface area contributed by atoms with E-state index < -0.39 is 0 Å². The van der Waals surface area contributed by atoms with Crippen LogP contribution in [0.3, 0.4) is 0 Å². The maximum absolute atomic E-state index is 11.9. The number of rotatable bonds is 16. The zero-order valence-electron chi connectivity index (χ0n) is 20.0. The summed E-state index contributed by atoms with van der Waals surface area (Å²) >= 11 is 0. The highest BCUT2D eigenvalue weighted by molar-refractivity contribution is 5.69. The zero-order valence-corrected chi connectivity index (χ0v) is 20.0. The highest BCUT2D eigenvalue weighted by atomic mass is 16.6. The van der Waals surface area contributed by atoms with Crippen LogP contribution in [0.5, 0.6) is 0 Å². The van der Waals surface area contributed by atoms with Gasteiger partial charge in [-0.2, -0.15) is 0 Å². The molecule has 176 valence electrons. The van der Waals surface area contributed by atoms with E-state index in [1.165, 1.54) is 109 Å². The van der Waals surface area contributed by atoms with Crippen molar-refractivity contribution in [3.05, 3.63) is 0 Å². The molecule has 0 radical (unpaired) electrons. The van der Waals surface area contributed by atoms with E-state index in [-0.39, 0.29) is 5.97 Å². The van der Waals surface area contributed by atoms with Gasteiger partial charge in [0, 0.05) is 6.42 Å². The van der Waals surface area contributed by atoms with Gasteiger partial charge in [-0.15, -0.1) is 0 Å². The Balaban J connectivity index is 1.35. The quantitative estimate of drug-likeness (QED) is 0.187. The van der Waals surface area contributed by atoms with Crippen LogP contribution in [0.15, 0.2) is 0 Å². The first kappa shape index (κ1) is 25.7. The van der Waals surface area contributed by atoms with E-state index in [9.17, 15) is 4.79 Å². The highest BCUT2D eigenvalue weighted by Crippen LogP contribution is 2.38. The van der Waals surface area contributed by atoms with Crippen molar-refractivity contribution in [2.24, 2.45) is 11.8 Å². The Morgan fingerprint density at radius 2 is 1.23 bits per heavy atom. The molecule has 2 aliphatic rings. The third-order valence-electron chi connectivity index (χ3n) is 7.47. The molecule has 0 spiro atoms. The van der Waals surface area contributed by atoms with Crippen LogP contribution in [0.1, 0.15) is 135 Å². The average Bonchev–Trinajstić information content (AvgIpc) is 2.79. The van der Waals surface area contributed by atoms with Crippen LogP contribution in [-0.2, 0) is 14.3 Å². The van der Waals surface area contributed by atoms with Crippen LogP contribution < -0.4 is 0 Å². The smallest absolute Gasteiger partial charge is 0.305 e. The fraction of sp³-hybridized carbons (Fsp3) is 0.963. The van der Waals surface area contributed by atoms with Crippen LogP contribution in [0.2, 0.25) is 0 Å². The summed E-state index contributed by atoms with van der Waals surface area (Å²) in [4.78, 5) is 11.9. The Hall–Kier alpha value is -0.570. The van der Waals surface area contributed by atoms with E-state index in [0.717, 1.165) is 24.7 Å². The van der Waals surface area contributed by atoms with E-state index in [0.29, 0.717) is 25.7 Å². The van der Waals surface area contributed by atoms with Gasteiger partial charge in [0.2, 0.25) is 0 Å². The summed E-state index contributed by atoms with van der Waals surface area (Å²) in [5, 5.41) is 0. The van der Waals surface area contributed by atoms with Gasteiger partial charge >= 0.3 is 5.97 Å². The third kappa shape index (κ3) is 11.7. The number of ether oxygens (including phenoxy) is 2. The van der Waals surface area contributed by atoms with E-state index in [1.54, 1.807) is 0 Å². The highest BCUT2D eigenvalue weighted by Gasteiger charge is 2.28. The fourth-order valence-electron chi connectivity index (χ4n) is 5.53. The first-order valence-corrected chi connectivity index (χ1v) is 13.6. The molecular formula is C27H50O3. The lowest BCUT2D eigenvalue weighted by molar-refractivity contribution is -0.146. The van der Waals surface area contributed by atoms with Crippen LogP contribution >= 0.6 is 0 Å². The van der Waals surface area contributed by atoms with Crippen molar-refractivity contribution in [1.29, 1.82) is 0 Å². The molecule has 0 aromatic carbocycles. The SMILES string of the molecule is CCCCCCCCCCCCC(=O)OCCOC1CCC(C2CCCCC2)CC1. The summed E-state index contributed by atoms with van der Waals surface area (Å²) in [7, 11) is 0. The molecule has 2 saturated carbocycles. The minimum atomic E-state index is -0.0424. The molecule has 0 heterocycles. The van der Waals surface area contributed by atoms with Crippen molar-refractivity contribution in [1.82, 2.24) is 0 Å². The normalized spacial score (nSPS) is 22.8. The standard InChI is InChI=1S/C27H50O3/c1-2-3-4-5-6-7-8-9-10-14-17-27(28)30-23-22-29-26-20-18-25(19-21-26)24-15-12-11-13-16-24/h24-26H,2-23H2,1H3. The largest absolute Gasteiger partial charge is 0.463 e. The minimum absolute atomic E-state index is 0.0424. The number of carbonyl (C=O) groups excluding carboxylic acids is 1. The van der Waals surface area contributed by atoms with Gasteiger partial charge < -0.3 is 9.47 Å². The van der Waals surface area contributed by atoms with Crippen molar-refractivity contribution in [2.75, 3.05) is 13.2 Å². The lowest BCUT2D eigenvalue weighted by Gasteiger charge is -2.35. The molecule has 0 unspecified atom stereocenters. The molecule has 2 aliphatic carbocycles. The lowest BCUT2D eigenvalue weighted by atomic mass is 9.73. The van der Waals surface area contributed by atoms with Gasteiger partial charge in [-0.1, -0.05) is 96.8 Å². The first-order valence-electron chi connectivity index (χ1n) is 13.6. The van der Waals surface area contributed by atoms with Crippen LogP contribution in [-0.4, -0.2) is 25.3 Å². The number of carbonyl (C=O) groups is 1. The number of hydrogen-bond acceptors (Lipinski definition) is 3. The fourth-order valence-corrected chi connectivity index (χ4v) is 5.53. The molecule has 3 heteroatoms. The summed E-state index contributed by atoms with van der Waals surface area (Å²) in [6.07, 6.45) is 26.3. The van der Waals surface area contributed by atoms with Crippen molar-refractivity contribution in [3.63, 3.8) is 0 Å². The summed E-state index contributed by atoms with van der Waals surface area (Å²) in [6, 6.07) is 0. The maximum atomic E-state index is 11.9. The van der Waals surface area contributed by atoms with E-state index in [2.05, 4.69) is 6.92 Å². The molecule has 0 bridgehead atoms. The predicted octanol–water partition coefficient (Wildman–Crippen LogP) is 8.00. The molecule has 0 N–H and O–H groups in total. The van der Waals surface area contributed by atoms with Crippen LogP contribution in [0.25, 0.3) is 0 Å². The van der Waals surface area contributed by atoms with Crippen molar-refractivity contribution >= 4 is 5.97 Å². The second kappa shape index (κ2) is 17.0. The molecule has 0 amide bonds. The topological polar surface area (TPSA) is 35.5 Å². The van der Waals surface area contributed by atoms with Crippen molar-refractivity contribution in [2.45, 2.75) is 141 Å². The lowest BCUT2D eigenvalue weighted by Crippen LogP contribution is -2.28. The second-order valence-electron chi connectivity index (χ2n) is 9.96. The molecule has 0 aromatic rings. The van der Waals surface area contributed by atoms with Gasteiger partial charge in [0.15, 0.2) is 0 Å². The van der Waals surface area contributed by atoms with Crippen molar-refractivity contribution < 1.29 is 14.3 Å². The Morgan fingerprint density at radius 3 is 1.87 bits per heavy atom. The molecule has 0 aliphatic heterocycles. The Morgan fingerprint density at radius 1 is 0.667 bits per heavy atom. The summed E-state index contributed by atoms with van der Waals surface area (Å²) < 4.78 is 11.4. The second-order valence-corrected chi connectivity index (χ2v) is 9.96. The summed E-state index contributed by atoms with van der Waals surface area (Å²) in [6.45, 7) is 3.27. The number of hydrogen-bond donors (Lipinski definition) is 0. The Bertz CT molecular complexity index is 408. The summed E-state index contributed by atoms with van der Waals surface area (Å²) in [5.74, 6) is 1.90. The Labute approximate surface area is 187 Å². The number of esters is 1. The van der Waals surface area contributed by atoms with Gasteiger partial charge in [0.05, 0.1) is 12.7 Å². The van der Waals surface area contributed by atoms with Gasteiger partial charge in [-0.05, 0) is 43.9 Å². The van der Waals surface area contributed by atoms with E-state index >= 15 is 0 Å². The predicted molar refractivity (Wildman–Crippen MR) is 126 cm³/mol. The molecular weight excluding hydrogens is 372 g/mol. The number of unbranched alkanes of at least 4 members (excludes halogenated alkanes) is 9. The van der Waals surface area contributed by atoms with Gasteiger partial charge in [0.1, 0.15) is 6.61 Å².